The molecule has 0 saturated carbocycles. The van der Waals surface area contributed by atoms with Crippen molar-refractivity contribution in [3.8, 4) is 0 Å². The summed E-state index contributed by atoms with van der Waals surface area (Å²) < 4.78 is 0. The Morgan fingerprint density at radius 1 is 1.41 bits per heavy atom. The first-order chi connectivity index (χ1) is 8.34. The molecular weight excluding hydrogens is 214 g/mol. The lowest BCUT2D eigenvalue weighted by Gasteiger charge is -2.35. The summed E-state index contributed by atoms with van der Waals surface area (Å²) in [5, 5.41) is 0. The van der Waals surface area contributed by atoms with Crippen LogP contribution in [0.2, 0.25) is 0 Å². The number of nitrogens with one attached hydrogen (secondary N) is 1. The van der Waals surface area contributed by atoms with Crippen molar-refractivity contribution in [2.24, 2.45) is 0 Å². The van der Waals surface area contributed by atoms with E-state index < -0.39 is 0 Å². The molecule has 17 heavy (non-hydrogen) atoms. The lowest BCUT2D eigenvalue weighted by atomic mass is 10.2. The maximum absolute atomic E-state index is 4.48. The monoisotopic (exact) mass is 229 g/mol. The molecule has 0 saturated heterocycles. The predicted molar refractivity (Wildman–Crippen MR) is 67.1 cm³/mol. The number of anilines is 2. The number of pyridine rings is 1. The third-order valence-corrected chi connectivity index (χ3v) is 3.10. The fourth-order valence-electron chi connectivity index (χ4n) is 2.16. The first kappa shape index (κ1) is 10.1. The van der Waals surface area contributed by atoms with Crippen molar-refractivity contribution in [2.75, 3.05) is 29.9 Å². The molecule has 0 aliphatic carbocycles. The highest BCUT2D eigenvalue weighted by Crippen LogP contribution is 2.29. The Morgan fingerprint density at radius 3 is 3.18 bits per heavy atom. The Morgan fingerprint density at radius 2 is 2.35 bits per heavy atom. The van der Waals surface area contributed by atoms with Crippen molar-refractivity contribution >= 4 is 11.5 Å². The molecule has 0 atom stereocenters. The second-order valence-electron chi connectivity index (χ2n) is 4.27. The van der Waals surface area contributed by atoms with E-state index in [2.05, 4.69) is 37.9 Å². The van der Waals surface area contributed by atoms with Crippen molar-refractivity contribution in [2.45, 2.75) is 6.54 Å². The molecule has 0 spiro atoms. The quantitative estimate of drug-likeness (QED) is 0.842. The summed E-state index contributed by atoms with van der Waals surface area (Å²) in [6.07, 6.45) is 5.42. The van der Waals surface area contributed by atoms with Crippen molar-refractivity contribution < 1.29 is 0 Å². The van der Waals surface area contributed by atoms with Gasteiger partial charge in [-0.2, -0.15) is 0 Å². The highest BCUT2D eigenvalue weighted by Gasteiger charge is 2.21. The molecule has 5 nitrogen and oxygen atoms in total. The van der Waals surface area contributed by atoms with Crippen LogP contribution < -0.4 is 9.80 Å². The van der Waals surface area contributed by atoms with Crippen LogP contribution in [0.5, 0.6) is 0 Å². The SMILES string of the molecule is CN1CCN(Cc2cnc[nH]2)c2ncccc21. The number of rotatable bonds is 2. The lowest BCUT2D eigenvalue weighted by Crippen LogP contribution is -2.39. The van der Waals surface area contributed by atoms with Crippen molar-refractivity contribution in [3.63, 3.8) is 0 Å². The van der Waals surface area contributed by atoms with Crippen LogP contribution in [0.3, 0.4) is 0 Å². The van der Waals surface area contributed by atoms with E-state index in [4.69, 9.17) is 0 Å². The van der Waals surface area contributed by atoms with Crippen molar-refractivity contribution in [1.82, 2.24) is 15.0 Å². The van der Waals surface area contributed by atoms with E-state index in [1.54, 1.807) is 6.33 Å². The number of aromatic amines is 1. The van der Waals surface area contributed by atoms with Gasteiger partial charge >= 0.3 is 0 Å². The summed E-state index contributed by atoms with van der Waals surface area (Å²) in [6, 6.07) is 4.09. The first-order valence-corrected chi connectivity index (χ1v) is 5.73. The second kappa shape index (κ2) is 4.08. The molecule has 2 aromatic rings. The smallest absolute Gasteiger partial charge is 0.152 e. The summed E-state index contributed by atoms with van der Waals surface area (Å²) in [7, 11) is 2.11. The van der Waals surface area contributed by atoms with Gasteiger partial charge < -0.3 is 14.8 Å². The van der Waals surface area contributed by atoms with Crippen LogP contribution >= 0.6 is 0 Å². The standard InChI is InChI=1S/C12H15N5/c1-16-5-6-17(8-10-7-13-9-15-10)12-11(16)3-2-4-14-12/h2-4,7,9H,5-6,8H2,1H3,(H,13,15). The third-order valence-electron chi connectivity index (χ3n) is 3.10. The summed E-state index contributed by atoms with van der Waals surface area (Å²) in [6.45, 7) is 2.84. The maximum atomic E-state index is 4.48. The van der Waals surface area contributed by atoms with Crippen LogP contribution in [0.4, 0.5) is 11.5 Å². The van der Waals surface area contributed by atoms with E-state index in [1.165, 1.54) is 5.69 Å². The van der Waals surface area contributed by atoms with Crippen LogP contribution in [0.15, 0.2) is 30.9 Å². The predicted octanol–water partition coefficient (Wildman–Crippen LogP) is 1.26. The first-order valence-electron chi connectivity index (χ1n) is 5.73. The zero-order chi connectivity index (χ0) is 11.7. The summed E-state index contributed by atoms with van der Waals surface area (Å²) >= 11 is 0. The summed E-state index contributed by atoms with van der Waals surface area (Å²) in [5.74, 6) is 1.05. The van der Waals surface area contributed by atoms with Gasteiger partial charge in [-0.25, -0.2) is 9.97 Å². The zero-order valence-electron chi connectivity index (χ0n) is 9.80. The number of aromatic nitrogens is 3. The number of hydrogen-bond donors (Lipinski definition) is 1. The van der Waals surface area contributed by atoms with E-state index in [0.29, 0.717) is 0 Å². The topological polar surface area (TPSA) is 48.0 Å². The Kier molecular flexibility index (Phi) is 2.44. The van der Waals surface area contributed by atoms with Gasteiger partial charge in [0.05, 0.1) is 24.3 Å². The molecule has 0 unspecified atom stereocenters. The van der Waals surface area contributed by atoms with Gasteiger partial charge in [0.1, 0.15) is 0 Å². The van der Waals surface area contributed by atoms with Crippen molar-refractivity contribution in [3.05, 3.63) is 36.5 Å². The molecule has 2 aromatic heterocycles. The largest absolute Gasteiger partial charge is 0.370 e. The average Bonchev–Trinajstić information content (AvgIpc) is 2.86. The lowest BCUT2D eigenvalue weighted by molar-refractivity contribution is 0.714. The van der Waals surface area contributed by atoms with Crippen molar-refractivity contribution in [1.29, 1.82) is 0 Å². The molecule has 88 valence electrons. The molecule has 5 heteroatoms. The Labute approximate surface area is 100 Å². The van der Waals surface area contributed by atoms with E-state index in [-0.39, 0.29) is 0 Å². The van der Waals surface area contributed by atoms with Gasteiger partial charge in [-0.3, -0.25) is 0 Å². The van der Waals surface area contributed by atoms with Crippen LogP contribution in [0, 0.1) is 0 Å². The minimum absolute atomic E-state index is 0.831. The third kappa shape index (κ3) is 1.84. The minimum atomic E-state index is 0.831. The molecule has 0 amide bonds. The Bertz CT molecular complexity index is 493. The Hall–Kier alpha value is -2.04. The highest BCUT2D eigenvalue weighted by atomic mass is 15.3. The molecule has 3 heterocycles. The fourth-order valence-corrected chi connectivity index (χ4v) is 2.16. The minimum Gasteiger partial charge on any atom is -0.370 e. The van der Waals surface area contributed by atoms with Gasteiger partial charge in [-0.1, -0.05) is 0 Å². The molecular formula is C12H15N5. The summed E-state index contributed by atoms with van der Waals surface area (Å²) in [5.41, 5.74) is 2.31. The number of hydrogen-bond acceptors (Lipinski definition) is 4. The Balaban J connectivity index is 1.90. The highest BCUT2D eigenvalue weighted by molar-refractivity contribution is 5.68. The normalized spacial score (nSPS) is 14.9. The maximum Gasteiger partial charge on any atom is 0.152 e. The van der Waals surface area contributed by atoms with E-state index in [9.17, 15) is 0 Å². The molecule has 0 aromatic carbocycles. The number of fused-ring (bicyclic) bond motifs is 1. The van der Waals surface area contributed by atoms with Gasteiger partial charge in [-0.05, 0) is 12.1 Å². The molecule has 1 N–H and O–H groups in total. The van der Waals surface area contributed by atoms with Gasteiger partial charge in [-0.15, -0.1) is 0 Å². The number of likely N-dealkylation sites (N-methyl/N-ethyl adjacent to an activating group) is 1. The van der Waals surface area contributed by atoms with Gasteiger partial charge in [0.25, 0.3) is 0 Å². The van der Waals surface area contributed by atoms with Gasteiger partial charge in [0.15, 0.2) is 5.82 Å². The van der Waals surface area contributed by atoms with E-state index in [0.717, 1.165) is 31.1 Å². The molecule has 1 aliphatic rings. The summed E-state index contributed by atoms with van der Waals surface area (Å²) in [4.78, 5) is 16.2. The fraction of sp³-hybridized carbons (Fsp3) is 0.333. The molecule has 3 rings (SSSR count). The zero-order valence-corrected chi connectivity index (χ0v) is 9.80. The number of imidazole rings is 1. The average molecular weight is 229 g/mol. The van der Waals surface area contributed by atoms with E-state index >= 15 is 0 Å². The van der Waals surface area contributed by atoms with Crippen LogP contribution in [0.1, 0.15) is 5.69 Å². The molecule has 0 radical (unpaired) electrons. The molecule has 0 fully saturated rings. The second-order valence-corrected chi connectivity index (χ2v) is 4.27. The van der Waals surface area contributed by atoms with Crippen LogP contribution in [-0.2, 0) is 6.54 Å². The molecule has 1 aliphatic heterocycles. The van der Waals surface area contributed by atoms with Gasteiger partial charge in [0.2, 0.25) is 0 Å². The van der Waals surface area contributed by atoms with E-state index in [1.807, 2.05) is 18.5 Å². The number of H-pyrrole nitrogens is 1. The van der Waals surface area contributed by atoms with Crippen LogP contribution in [0.25, 0.3) is 0 Å². The molecule has 0 bridgehead atoms. The van der Waals surface area contributed by atoms with Gasteiger partial charge in [0, 0.05) is 32.5 Å². The number of nitrogens with zero attached hydrogens (tertiary/aromatic N) is 4. The van der Waals surface area contributed by atoms with Crippen LogP contribution in [-0.4, -0.2) is 35.1 Å².